The molecule has 0 aromatic heterocycles. The van der Waals surface area contributed by atoms with Gasteiger partial charge in [0.15, 0.2) is 6.04 Å². The van der Waals surface area contributed by atoms with Crippen LogP contribution in [0.4, 0.5) is 4.79 Å². The zero-order chi connectivity index (χ0) is 19.4. The Labute approximate surface area is 151 Å². The van der Waals surface area contributed by atoms with Crippen LogP contribution in [0.5, 0.6) is 0 Å². The lowest BCUT2D eigenvalue weighted by molar-refractivity contribution is -0.164. The number of carbonyl (C=O) groups excluding carboxylic acids is 4. The highest BCUT2D eigenvalue weighted by Gasteiger charge is 2.55. The fourth-order valence-electron chi connectivity index (χ4n) is 2.42. The fourth-order valence-corrected chi connectivity index (χ4v) is 2.42. The van der Waals surface area contributed by atoms with Crippen LogP contribution in [-0.4, -0.2) is 53.2 Å². The summed E-state index contributed by atoms with van der Waals surface area (Å²) in [4.78, 5) is 50.3. The number of benzene rings is 1. The molecule has 2 amide bonds. The van der Waals surface area contributed by atoms with Gasteiger partial charge in [0.1, 0.15) is 0 Å². The first-order chi connectivity index (χ1) is 12.2. The smallest absolute Gasteiger partial charge is 0.418 e. The molecule has 0 saturated carbocycles. The summed E-state index contributed by atoms with van der Waals surface area (Å²) in [6.07, 6.45) is -3.67. The summed E-state index contributed by atoms with van der Waals surface area (Å²) in [7, 11) is 0. The number of ether oxygens (including phenoxy) is 3. The molecule has 8 heteroatoms. The van der Waals surface area contributed by atoms with Crippen molar-refractivity contribution < 1.29 is 33.4 Å². The van der Waals surface area contributed by atoms with E-state index in [1.165, 1.54) is 12.1 Å². The van der Waals surface area contributed by atoms with Crippen molar-refractivity contribution in [2.24, 2.45) is 0 Å². The van der Waals surface area contributed by atoms with Gasteiger partial charge in [0.25, 0.3) is 5.91 Å². The number of esters is 2. The van der Waals surface area contributed by atoms with Crippen molar-refractivity contribution in [3.05, 3.63) is 35.9 Å². The quantitative estimate of drug-likeness (QED) is 0.582. The Morgan fingerprint density at radius 2 is 1.50 bits per heavy atom. The van der Waals surface area contributed by atoms with Gasteiger partial charge in [0.2, 0.25) is 6.10 Å². The molecule has 140 valence electrons. The summed E-state index contributed by atoms with van der Waals surface area (Å²) < 4.78 is 15.1. The first kappa shape index (κ1) is 19.4. The second-order valence-electron chi connectivity index (χ2n) is 6.26. The van der Waals surface area contributed by atoms with E-state index in [2.05, 4.69) is 0 Å². The Morgan fingerprint density at radius 3 is 2.04 bits per heavy atom. The SMILES string of the molecule is CC(C)OC(=O)[C@@H]1OC(=O)N(C(=O)c2ccccc2)[C@H]1C(=O)OC(C)C. The zero-order valence-electron chi connectivity index (χ0n) is 15.0. The van der Waals surface area contributed by atoms with Gasteiger partial charge in [-0.25, -0.2) is 19.3 Å². The second kappa shape index (κ2) is 7.99. The third-order valence-electron chi connectivity index (χ3n) is 3.41. The molecule has 1 aliphatic rings. The third kappa shape index (κ3) is 4.19. The highest BCUT2D eigenvalue weighted by atomic mass is 16.6. The molecule has 1 heterocycles. The van der Waals surface area contributed by atoms with Gasteiger partial charge < -0.3 is 14.2 Å². The van der Waals surface area contributed by atoms with Gasteiger partial charge in [-0.3, -0.25) is 4.79 Å². The van der Waals surface area contributed by atoms with Crippen molar-refractivity contribution in [3.8, 4) is 0 Å². The van der Waals surface area contributed by atoms with Gasteiger partial charge in [-0.1, -0.05) is 18.2 Å². The lowest BCUT2D eigenvalue weighted by Gasteiger charge is -2.22. The summed E-state index contributed by atoms with van der Waals surface area (Å²) in [5.74, 6) is -2.59. The molecule has 0 radical (unpaired) electrons. The van der Waals surface area contributed by atoms with E-state index in [1.807, 2.05) is 0 Å². The van der Waals surface area contributed by atoms with Gasteiger partial charge in [-0.05, 0) is 39.8 Å². The maximum Gasteiger partial charge on any atom is 0.418 e. The molecule has 8 nitrogen and oxygen atoms in total. The van der Waals surface area contributed by atoms with Crippen molar-refractivity contribution in [2.45, 2.75) is 52.0 Å². The van der Waals surface area contributed by atoms with Crippen molar-refractivity contribution in [3.63, 3.8) is 0 Å². The Bertz CT molecular complexity index is 699. The van der Waals surface area contributed by atoms with Crippen LogP contribution in [-0.2, 0) is 23.8 Å². The number of cyclic esters (lactones) is 1. The number of rotatable bonds is 5. The maximum absolute atomic E-state index is 12.7. The minimum absolute atomic E-state index is 0.171. The minimum atomic E-state index is -1.58. The average molecular weight is 363 g/mol. The molecule has 1 aromatic rings. The van der Waals surface area contributed by atoms with Crippen LogP contribution in [0.1, 0.15) is 38.1 Å². The summed E-state index contributed by atoms with van der Waals surface area (Å²) in [6.45, 7) is 6.45. The Morgan fingerprint density at radius 1 is 0.962 bits per heavy atom. The maximum atomic E-state index is 12.7. The van der Waals surface area contributed by atoms with Crippen molar-refractivity contribution in [1.82, 2.24) is 4.90 Å². The normalized spacial score (nSPS) is 19.5. The van der Waals surface area contributed by atoms with Crippen LogP contribution in [0.15, 0.2) is 30.3 Å². The summed E-state index contributed by atoms with van der Waals surface area (Å²) in [5.41, 5.74) is 0.171. The molecule has 1 fully saturated rings. The molecular weight excluding hydrogens is 342 g/mol. The Hall–Kier alpha value is -2.90. The van der Waals surface area contributed by atoms with E-state index in [9.17, 15) is 19.2 Å². The fraction of sp³-hybridized carbons (Fsp3) is 0.444. The van der Waals surface area contributed by atoms with E-state index >= 15 is 0 Å². The first-order valence-corrected chi connectivity index (χ1v) is 8.22. The zero-order valence-corrected chi connectivity index (χ0v) is 15.0. The first-order valence-electron chi connectivity index (χ1n) is 8.22. The molecule has 2 rings (SSSR count). The van der Waals surface area contributed by atoms with Crippen LogP contribution in [0, 0.1) is 0 Å². The number of amides is 2. The second-order valence-corrected chi connectivity index (χ2v) is 6.26. The lowest BCUT2D eigenvalue weighted by Crippen LogP contribution is -2.50. The molecule has 26 heavy (non-hydrogen) atoms. The van der Waals surface area contributed by atoms with Crippen molar-refractivity contribution >= 4 is 23.9 Å². The molecule has 1 saturated heterocycles. The molecule has 0 N–H and O–H groups in total. The van der Waals surface area contributed by atoms with Crippen LogP contribution < -0.4 is 0 Å². The number of nitrogens with zero attached hydrogens (tertiary/aromatic N) is 1. The Kier molecular flexibility index (Phi) is 5.97. The highest BCUT2D eigenvalue weighted by molar-refractivity contribution is 6.08. The molecular formula is C18H21NO7. The molecule has 0 unspecified atom stereocenters. The molecule has 1 aromatic carbocycles. The van der Waals surface area contributed by atoms with Gasteiger partial charge in [-0.15, -0.1) is 0 Å². The van der Waals surface area contributed by atoms with Crippen molar-refractivity contribution in [1.29, 1.82) is 0 Å². The predicted octanol–water partition coefficient (Wildman–Crippen LogP) is 1.92. The van der Waals surface area contributed by atoms with Crippen LogP contribution in [0.3, 0.4) is 0 Å². The van der Waals surface area contributed by atoms with E-state index in [0.717, 1.165) is 0 Å². The van der Waals surface area contributed by atoms with Crippen LogP contribution >= 0.6 is 0 Å². The van der Waals surface area contributed by atoms with E-state index in [4.69, 9.17) is 14.2 Å². The summed E-state index contributed by atoms with van der Waals surface area (Å²) in [5, 5.41) is 0. The summed E-state index contributed by atoms with van der Waals surface area (Å²) >= 11 is 0. The Balaban J connectivity index is 2.37. The monoisotopic (exact) mass is 363 g/mol. The van der Waals surface area contributed by atoms with E-state index in [0.29, 0.717) is 4.90 Å². The molecule has 1 aliphatic heterocycles. The number of hydrogen-bond acceptors (Lipinski definition) is 7. The number of carbonyl (C=O) groups is 4. The average Bonchev–Trinajstić information content (AvgIpc) is 2.91. The standard InChI is InChI=1S/C18H21NO7/c1-10(2)24-16(21)13-14(17(22)25-11(3)4)26-18(23)19(13)15(20)12-8-6-5-7-9-12/h5-11,13-14H,1-4H3/t13-,14-/m1/s1. The van der Waals surface area contributed by atoms with Gasteiger partial charge in [0, 0.05) is 5.56 Å². The lowest BCUT2D eigenvalue weighted by atomic mass is 10.1. The van der Waals surface area contributed by atoms with E-state index in [-0.39, 0.29) is 5.56 Å². The van der Waals surface area contributed by atoms with Gasteiger partial charge in [0.05, 0.1) is 12.2 Å². The number of imide groups is 1. The summed E-state index contributed by atoms with van der Waals surface area (Å²) in [6, 6.07) is 6.34. The largest absolute Gasteiger partial charge is 0.461 e. The molecule has 0 spiro atoms. The molecule has 0 bridgehead atoms. The highest BCUT2D eigenvalue weighted by Crippen LogP contribution is 2.25. The molecule has 2 atom stereocenters. The van der Waals surface area contributed by atoms with E-state index in [1.54, 1.807) is 45.9 Å². The third-order valence-corrected chi connectivity index (χ3v) is 3.41. The van der Waals surface area contributed by atoms with E-state index < -0.39 is 48.3 Å². The van der Waals surface area contributed by atoms with Gasteiger partial charge >= 0.3 is 18.0 Å². The van der Waals surface area contributed by atoms with Crippen LogP contribution in [0.25, 0.3) is 0 Å². The molecule has 0 aliphatic carbocycles. The van der Waals surface area contributed by atoms with Crippen molar-refractivity contribution in [2.75, 3.05) is 0 Å². The predicted molar refractivity (Wildman–Crippen MR) is 89.1 cm³/mol. The van der Waals surface area contributed by atoms with Crippen LogP contribution in [0.2, 0.25) is 0 Å². The number of hydrogen-bond donors (Lipinski definition) is 0. The minimum Gasteiger partial charge on any atom is -0.461 e. The topological polar surface area (TPSA) is 99.2 Å². The van der Waals surface area contributed by atoms with Gasteiger partial charge in [-0.2, -0.15) is 0 Å².